The second kappa shape index (κ2) is 13.2. The van der Waals surface area contributed by atoms with Crippen LogP contribution in [-0.4, -0.2) is 9.97 Å². The molecule has 0 unspecified atom stereocenters. The minimum absolute atomic E-state index is 0.420. The average molecular weight is 749 g/mol. The molecular weight excluding hydrogens is 713 g/mol. The van der Waals surface area contributed by atoms with Gasteiger partial charge in [0, 0.05) is 21.9 Å². The van der Waals surface area contributed by atoms with Crippen molar-refractivity contribution in [2.75, 3.05) is 0 Å². The van der Waals surface area contributed by atoms with Crippen LogP contribution in [0.1, 0.15) is 22.3 Å². The van der Waals surface area contributed by atoms with Crippen molar-refractivity contribution in [1.29, 1.82) is 0 Å². The van der Waals surface area contributed by atoms with E-state index in [1.165, 1.54) is 66.1 Å². The molecule has 11 aromatic rings. The predicted octanol–water partition coefficient (Wildman–Crippen LogP) is 14.5. The van der Waals surface area contributed by atoms with Crippen molar-refractivity contribution in [3.05, 3.63) is 241 Å². The number of nitrogens with zero attached hydrogens (tertiary/aromatic N) is 2. The first-order valence-electron chi connectivity index (χ1n) is 20.3. The highest BCUT2D eigenvalue weighted by atomic mass is 14.8. The lowest BCUT2D eigenvalue weighted by Crippen LogP contribution is -2.28. The van der Waals surface area contributed by atoms with Crippen molar-refractivity contribution in [3.8, 4) is 44.8 Å². The van der Waals surface area contributed by atoms with Crippen LogP contribution in [0.3, 0.4) is 0 Å². The van der Waals surface area contributed by atoms with Gasteiger partial charge in [0.25, 0.3) is 0 Å². The van der Waals surface area contributed by atoms with Gasteiger partial charge < -0.3 is 0 Å². The third kappa shape index (κ3) is 5.06. The van der Waals surface area contributed by atoms with E-state index in [1.807, 2.05) is 6.07 Å². The van der Waals surface area contributed by atoms with Gasteiger partial charge in [-0.2, -0.15) is 0 Å². The number of hydrogen-bond acceptors (Lipinski definition) is 2. The van der Waals surface area contributed by atoms with Gasteiger partial charge in [-0.25, -0.2) is 9.97 Å². The average Bonchev–Trinajstić information content (AvgIpc) is 3.63. The SMILES string of the molecule is c1ccc(-c2ccc3ccc4ccc(-c5cccc6c(-c7ccc8c9c(ccc8c7)C(c7ccccc7)(c7ccccc7)c7ccccc7-9)cccc56)nc4c3n2)cc1. The Labute approximate surface area is 342 Å². The Morgan fingerprint density at radius 3 is 1.56 bits per heavy atom. The number of aromatic nitrogens is 2. The summed E-state index contributed by atoms with van der Waals surface area (Å²) >= 11 is 0. The Morgan fingerprint density at radius 2 is 0.847 bits per heavy atom. The molecule has 2 heteroatoms. The van der Waals surface area contributed by atoms with E-state index in [1.54, 1.807) is 0 Å². The molecule has 59 heavy (non-hydrogen) atoms. The molecule has 2 heterocycles. The van der Waals surface area contributed by atoms with Crippen LogP contribution in [0.25, 0.3) is 88.1 Å². The molecule has 274 valence electrons. The monoisotopic (exact) mass is 748 g/mol. The highest BCUT2D eigenvalue weighted by Gasteiger charge is 2.46. The summed E-state index contributed by atoms with van der Waals surface area (Å²) in [4.78, 5) is 10.5. The molecule has 1 aliphatic rings. The summed E-state index contributed by atoms with van der Waals surface area (Å²) in [6.07, 6.45) is 0. The molecule has 0 N–H and O–H groups in total. The van der Waals surface area contributed by atoms with Crippen LogP contribution in [-0.2, 0) is 5.41 Å². The Hall–Kier alpha value is -7.68. The highest BCUT2D eigenvalue weighted by molar-refractivity contribution is 6.09. The van der Waals surface area contributed by atoms with Crippen molar-refractivity contribution in [2.45, 2.75) is 5.41 Å². The van der Waals surface area contributed by atoms with Crippen LogP contribution in [0.4, 0.5) is 0 Å². The second-order valence-electron chi connectivity index (χ2n) is 15.6. The van der Waals surface area contributed by atoms with Crippen LogP contribution in [0.15, 0.2) is 218 Å². The third-order valence-corrected chi connectivity index (χ3v) is 12.5. The van der Waals surface area contributed by atoms with Gasteiger partial charge >= 0.3 is 0 Å². The molecule has 0 bridgehead atoms. The van der Waals surface area contributed by atoms with E-state index in [0.29, 0.717) is 0 Å². The molecule has 0 spiro atoms. The lowest BCUT2D eigenvalue weighted by molar-refractivity contribution is 0.769. The number of rotatable bonds is 5. The molecule has 2 aromatic heterocycles. The van der Waals surface area contributed by atoms with Crippen molar-refractivity contribution in [2.24, 2.45) is 0 Å². The molecule has 0 atom stereocenters. The Balaban J connectivity index is 1.00. The summed E-state index contributed by atoms with van der Waals surface area (Å²) in [7, 11) is 0. The van der Waals surface area contributed by atoms with Gasteiger partial charge in [-0.15, -0.1) is 0 Å². The molecule has 2 nitrogen and oxygen atoms in total. The number of hydrogen-bond donors (Lipinski definition) is 0. The van der Waals surface area contributed by atoms with Gasteiger partial charge in [-0.05, 0) is 84.3 Å². The largest absolute Gasteiger partial charge is 0.245 e. The number of benzene rings is 9. The summed E-state index contributed by atoms with van der Waals surface area (Å²) in [6.45, 7) is 0. The molecule has 9 aromatic carbocycles. The number of fused-ring (bicyclic) bond motifs is 9. The first-order valence-corrected chi connectivity index (χ1v) is 20.3. The summed E-state index contributed by atoms with van der Waals surface area (Å²) in [6, 6.07) is 79.3. The van der Waals surface area contributed by atoms with Crippen LogP contribution in [0.5, 0.6) is 0 Å². The van der Waals surface area contributed by atoms with E-state index < -0.39 is 5.41 Å². The molecule has 12 rings (SSSR count). The summed E-state index contributed by atoms with van der Waals surface area (Å²) < 4.78 is 0. The van der Waals surface area contributed by atoms with E-state index in [4.69, 9.17) is 9.97 Å². The Bertz CT molecular complexity index is 3390. The Kier molecular flexibility index (Phi) is 7.48. The van der Waals surface area contributed by atoms with Gasteiger partial charge in [0.05, 0.1) is 27.8 Å². The van der Waals surface area contributed by atoms with E-state index >= 15 is 0 Å². The van der Waals surface area contributed by atoms with Crippen molar-refractivity contribution in [1.82, 2.24) is 9.97 Å². The molecule has 0 saturated heterocycles. The standard InChI is InChI=1S/C57H36N2/c1-4-14-37(15-5-1)52-34-30-38-26-27-39-31-35-53(59-56(39)55(38)58-52)48-24-13-22-46-44(21-12-23-47(46)48)40-28-32-45-41(36-40)29-33-51-54(45)49-20-10-11-25-50(49)57(51,42-16-6-2-7-17-42)43-18-8-3-9-19-43/h1-36H. The summed E-state index contributed by atoms with van der Waals surface area (Å²) in [5.41, 5.74) is 15.7. The van der Waals surface area contributed by atoms with E-state index in [0.717, 1.165) is 44.3 Å². The van der Waals surface area contributed by atoms with Gasteiger partial charge in [-0.3, -0.25) is 0 Å². The van der Waals surface area contributed by atoms with E-state index in [9.17, 15) is 0 Å². The fourth-order valence-corrected chi connectivity index (χ4v) is 9.91. The zero-order valence-electron chi connectivity index (χ0n) is 32.2. The highest BCUT2D eigenvalue weighted by Crippen LogP contribution is 2.57. The maximum Gasteiger partial charge on any atom is 0.0972 e. The van der Waals surface area contributed by atoms with E-state index in [2.05, 4.69) is 212 Å². The summed E-state index contributed by atoms with van der Waals surface area (Å²) in [5.74, 6) is 0. The lowest BCUT2D eigenvalue weighted by Gasteiger charge is -2.33. The van der Waals surface area contributed by atoms with Crippen LogP contribution < -0.4 is 0 Å². The molecule has 0 radical (unpaired) electrons. The van der Waals surface area contributed by atoms with Gasteiger partial charge in [0.1, 0.15) is 0 Å². The smallest absolute Gasteiger partial charge is 0.0972 e. The maximum atomic E-state index is 5.35. The molecule has 1 aliphatic carbocycles. The molecule has 0 fully saturated rings. The molecular formula is C57H36N2. The Morgan fingerprint density at radius 1 is 0.305 bits per heavy atom. The minimum Gasteiger partial charge on any atom is -0.245 e. The van der Waals surface area contributed by atoms with Crippen molar-refractivity contribution in [3.63, 3.8) is 0 Å². The zero-order valence-corrected chi connectivity index (χ0v) is 32.2. The van der Waals surface area contributed by atoms with Crippen molar-refractivity contribution < 1.29 is 0 Å². The molecule has 0 amide bonds. The van der Waals surface area contributed by atoms with Crippen LogP contribution >= 0.6 is 0 Å². The van der Waals surface area contributed by atoms with Crippen LogP contribution in [0.2, 0.25) is 0 Å². The topological polar surface area (TPSA) is 25.8 Å². The maximum absolute atomic E-state index is 5.35. The van der Waals surface area contributed by atoms with Gasteiger partial charge in [0.2, 0.25) is 0 Å². The fraction of sp³-hybridized carbons (Fsp3) is 0.0175. The number of pyridine rings is 2. The normalized spacial score (nSPS) is 12.9. The van der Waals surface area contributed by atoms with Gasteiger partial charge in [-0.1, -0.05) is 200 Å². The fourth-order valence-electron chi connectivity index (χ4n) is 9.91. The van der Waals surface area contributed by atoms with E-state index in [-0.39, 0.29) is 0 Å². The van der Waals surface area contributed by atoms with Gasteiger partial charge in [0.15, 0.2) is 0 Å². The molecule has 0 aliphatic heterocycles. The quantitative estimate of drug-likeness (QED) is 0.164. The van der Waals surface area contributed by atoms with Crippen LogP contribution in [0, 0.1) is 0 Å². The predicted molar refractivity (Wildman–Crippen MR) is 246 cm³/mol. The minimum atomic E-state index is -0.420. The summed E-state index contributed by atoms with van der Waals surface area (Å²) in [5, 5.41) is 7.03. The van der Waals surface area contributed by atoms with Crippen molar-refractivity contribution >= 4 is 43.4 Å². The molecule has 0 saturated carbocycles. The zero-order chi connectivity index (χ0) is 38.9. The second-order valence-corrected chi connectivity index (χ2v) is 15.6. The lowest BCUT2D eigenvalue weighted by atomic mass is 9.67. The first-order chi connectivity index (χ1) is 29.3. The third-order valence-electron chi connectivity index (χ3n) is 12.5. The first kappa shape index (κ1) is 33.5.